The van der Waals surface area contributed by atoms with E-state index in [4.69, 9.17) is 11.6 Å². The number of carbonyl (C=O) groups excluding carboxylic acids is 1. The molecule has 0 unspecified atom stereocenters. The van der Waals surface area contributed by atoms with Crippen molar-refractivity contribution < 1.29 is 4.79 Å². The molecule has 0 atom stereocenters. The zero-order valence-corrected chi connectivity index (χ0v) is 13.5. The summed E-state index contributed by atoms with van der Waals surface area (Å²) in [6.07, 6.45) is 4.12. The molecule has 1 aromatic carbocycles. The molecule has 0 saturated heterocycles. The summed E-state index contributed by atoms with van der Waals surface area (Å²) in [6, 6.07) is 9.33. The minimum atomic E-state index is -0.122. The molecule has 0 fully saturated rings. The van der Waals surface area contributed by atoms with Crippen LogP contribution in [0.4, 0.5) is 5.69 Å². The molecule has 6 heteroatoms. The van der Waals surface area contributed by atoms with E-state index in [1.54, 1.807) is 29.4 Å². The van der Waals surface area contributed by atoms with E-state index in [1.807, 2.05) is 18.2 Å². The first kappa shape index (κ1) is 15.5. The van der Waals surface area contributed by atoms with Crippen LogP contribution in [-0.4, -0.2) is 34.8 Å². The Kier molecular flexibility index (Phi) is 4.57. The van der Waals surface area contributed by atoms with Crippen molar-refractivity contribution >= 4 is 29.2 Å². The van der Waals surface area contributed by atoms with Gasteiger partial charge in [-0.3, -0.25) is 19.7 Å². The standard InChI is InChI=1S/C17H17ClN4O/c1-2-12-5-6-15(14(18)10-12)21-17-20-8-9-22(17)16(23)13-4-3-7-19-11-13/h3-7,10-11H,2,8-9H2,1H3,(H,20,21). The monoisotopic (exact) mass is 328 g/mol. The highest BCUT2D eigenvalue weighted by atomic mass is 35.5. The van der Waals surface area contributed by atoms with E-state index < -0.39 is 0 Å². The summed E-state index contributed by atoms with van der Waals surface area (Å²) in [7, 11) is 0. The Bertz CT molecular complexity index is 746. The molecule has 0 saturated carbocycles. The summed E-state index contributed by atoms with van der Waals surface area (Å²) in [5.41, 5.74) is 2.45. The molecule has 2 heterocycles. The number of aryl methyl sites for hydroxylation is 1. The van der Waals surface area contributed by atoms with Gasteiger partial charge in [0.1, 0.15) is 0 Å². The first-order chi connectivity index (χ1) is 11.2. The van der Waals surface area contributed by atoms with Crippen LogP contribution < -0.4 is 5.32 Å². The number of aromatic nitrogens is 1. The van der Waals surface area contributed by atoms with Gasteiger partial charge >= 0.3 is 0 Å². The molecule has 2 aromatic rings. The maximum atomic E-state index is 12.6. The topological polar surface area (TPSA) is 57.6 Å². The first-order valence-electron chi connectivity index (χ1n) is 7.51. The number of nitrogens with one attached hydrogen (secondary N) is 1. The number of rotatable bonds is 3. The maximum absolute atomic E-state index is 12.6. The van der Waals surface area contributed by atoms with Crippen LogP contribution in [0.25, 0.3) is 0 Å². The lowest BCUT2D eigenvalue weighted by atomic mass is 10.1. The van der Waals surface area contributed by atoms with Gasteiger partial charge in [0.05, 0.1) is 22.8 Å². The van der Waals surface area contributed by atoms with E-state index in [-0.39, 0.29) is 5.91 Å². The minimum absolute atomic E-state index is 0.122. The quantitative estimate of drug-likeness (QED) is 0.941. The minimum Gasteiger partial charge on any atom is -0.324 e. The molecule has 118 valence electrons. The Balaban J connectivity index is 1.79. The summed E-state index contributed by atoms with van der Waals surface area (Å²) >= 11 is 6.30. The van der Waals surface area contributed by atoms with Gasteiger partial charge in [-0.1, -0.05) is 24.6 Å². The number of pyridine rings is 1. The van der Waals surface area contributed by atoms with Crippen molar-refractivity contribution in [3.8, 4) is 0 Å². The third kappa shape index (κ3) is 3.35. The molecule has 23 heavy (non-hydrogen) atoms. The molecule has 3 rings (SSSR count). The molecule has 1 aromatic heterocycles. The maximum Gasteiger partial charge on any atom is 0.262 e. The zero-order chi connectivity index (χ0) is 16.2. The SMILES string of the molecule is CCc1ccc(NC2=NCCN2C(=O)c2cccnc2)c(Cl)c1. The third-order valence-corrected chi connectivity index (χ3v) is 4.00. The number of hydrogen-bond acceptors (Lipinski definition) is 4. The largest absolute Gasteiger partial charge is 0.324 e. The number of halogens is 1. The number of aliphatic imine (C=N–C) groups is 1. The Hall–Kier alpha value is -2.40. The Labute approximate surface area is 140 Å². The Morgan fingerprint density at radius 1 is 1.39 bits per heavy atom. The predicted molar refractivity (Wildman–Crippen MR) is 92.0 cm³/mol. The van der Waals surface area contributed by atoms with Gasteiger partial charge in [-0.05, 0) is 36.2 Å². The van der Waals surface area contributed by atoms with Gasteiger partial charge in [-0.2, -0.15) is 0 Å². The molecule has 1 aliphatic heterocycles. The number of anilines is 1. The summed E-state index contributed by atoms with van der Waals surface area (Å²) < 4.78 is 0. The van der Waals surface area contributed by atoms with Crippen LogP contribution in [0.1, 0.15) is 22.8 Å². The normalized spacial score (nSPS) is 13.8. The van der Waals surface area contributed by atoms with E-state index >= 15 is 0 Å². The van der Waals surface area contributed by atoms with Crippen molar-refractivity contribution in [3.05, 3.63) is 58.9 Å². The fourth-order valence-electron chi connectivity index (χ4n) is 2.40. The molecule has 1 N–H and O–H groups in total. The predicted octanol–water partition coefficient (Wildman–Crippen LogP) is 3.22. The van der Waals surface area contributed by atoms with Crippen LogP contribution >= 0.6 is 11.6 Å². The first-order valence-corrected chi connectivity index (χ1v) is 7.88. The zero-order valence-electron chi connectivity index (χ0n) is 12.8. The molecular formula is C17H17ClN4O. The second kappa shape index (κ2) is 6.79. The van der Waals surface area contributed by atoms with Crippen molar-refractivity contribution in [2.24, 2.45) is 4.99 Å². The average Bonchev–Trinajstić information content (AvgIpc) is 3.05. The number of hydrogen-bond donors (Lipinski definition) is 1. The lowest BCUT2D eigenvalue weighted by Gasteiger charge is -2.20. The van der Waals surface area contributed by atoms with Gasteiger partial charge in [0.15, 0.2) is 0 Å². The van der Waals surface area contributed by atoms with E-state index in [9.17, 15) is 4.79 Å². The molecular weight excluding hydrogens is 312 g/mol. The van der Waals surface area contributed by atoms with Crippen LogP contribution in [0, 0.1) is 0 Å². The van der Waals surface area contributed by atoms with E-state index in [2.05, 4.69) is 22.2 Å². The molecule has 5 nitrogen and oxygen atoms in total. The lowest BCUT2D eigenvalue weighted by molar-refractivity contribution is 0.0857. The van der Waals surface area contributed by atoms with E-state index in [0.29, 0.717) is 29.6 Å². The summed E-state index contributed by atoms with van der Waals surface area (Å²) in [5, 5.41) is 3.78. The molecule has 0 radical (unpaired) electrons. The van der Waals surface area contributed by atoms with Crippen molar-refractivity contribution in [2.75, 3.05) is 18.4 Å². The molecule has 0 aliphatic carbocycles. The highest BCUT2D eigenvalue weighted by Gasteiger charge is 2.25. The van der Waals surface area contributed by atoms with Crippen molar-refractivity contribution in [1.29, 1.82) is 0 Å². The lowest BCUT2D eigenvalue weighted by Crippen LogP contribution is -2.38. The number of nitrogens with zero attached hydrogens (tertiary/aromatic N) is 3. The van der Waals surface area contributed by atoms with E-state index in [0.717, 1.165) is 17.7 Å². The van der Waals surface area contributed by atoms with Gasteiger partial charge < -0.3 is 5.32 Å². The van der Waals surface area contributed by atoms with E-state index in [1.165, 1.54) is 0 Å². The number of benzene rings is 1. The summed E-state index contributed by atoms with van der Waals surface area (Å²) in [4.78, 5) is 22.5. The van der Waals surface area contributed by atoms with Crippen LogP contribution in [0.15, 0.2) is 47.7 Å². The van der Waals surface area contributed by atoms with Gasteiger partial charge in [0, 0.05) is 18.9 Å². The van der Waals surface area contributed by atoms with Gasteiger partial charge in [0.25, 0.3) is 5.91 Å². The third-order valence-electron chi connectivity index (χ3n) is 3.68. The Morgan fingerprint density at radius 3 is 2.96 bits per heavy atom. The van der Waals surface area contributed by atoms with Crippen LogP contribution in [-0.2, 0) is 6.42 Å². The van der Waals surface area contributed by atoms with Gasteiger partial charge in [-0.25, -0.2) is 0 Å². The van der Waals surface area contributed by atoms with Crippen molar-refractivity contribution in [3.63, 3.8) is 0 Å². The van der Waals surface area contributed by atoms with Crippen molar-refractivity contribution in [1.82, 2.24) is 9.88 Å². The molecule has 0 bridgehead atoms. The highest BCUT2D eigenvalue weighted by Crippen LogP contribution is 2.24. The Morgan fingerprint density at radius 2 is 2.26 bits per heavy atom. The molecule has 1 amide bonds. The average molecular weight is 329 g/mol. The fourth-order valence-corrected chi connectivity index (χ4v) is 2.65. The van der Waals surface area contributed by atoms with Crippen LogP contribution in [0.3, 0.4) is 0 Å². The number of carbonyl (C=O) groups is 1. The number of amides is 1. The highest BCUT2D eigenvalue weighted by molar-refractivity contribution is 6.34. The second-order valence-electron chi connectivity index (χ2n) is 5.20. The van der Waals surface area contributed by atoms with Gasteiger partial charge in [0.2, 0.25) is 5.96 Å². The van der Waals surface area contributed by atoms with Crippen molar-refractivity contribution in [2.45, 2.75) is 13.3 Å². The number of guanidine groups is 1. The van der Waals surface area contributed by atoms with Crippen LogP contribution in [0.2, 0.25) is 5.02 Å². The smallest absolute Gasteiger partial charge is 0.262 e. The summed E-state index contributed by atoms with van der Waals surface area (Å²) in [5.74, 6) is 0.396. The molecule has 1 aliphatic rings. The van der Waals surface area contributed by atoms with Crippen LogP contribution in [0.5, 0.6) is 0 Å². The summed E-state index contributed by atoms with van der Waals surface area (Å²) in [6.45, 7) is 3.19. The molecule has 0 spiro atoms. The second-order valence-corrected chi connectivity index (χ2v) is 5.60. The fraction of sp³-hybridized carbons (Fsp3) is 0.235. The van der Waals surface area contributed by atoms with Gasteiger partial charge in [-0.15, -0.1) is 0 Å².